The summed E-state index contributed by atoms with van der Waals surface area (Å²) in [4.78, 5) is 27.5. The van der Waals surface area contributed by atoms with Gasteiger partial charge >= 0.3 is 0 Å². The van der Waals surface area contributed by atoms with Crippen molar-refractivity contribution in [1.82, 2.24) is 4.90 Å². The lowest BCUT2D eigenvalue weighted by molar-refractivity contribution is -0.133. The van der Waals surface area contributed by atoms with Crippen LogP contribution in [-0.2, 0) is 14.3 Å². The molecule has 0 bridgehead atoms. The fourth-order valence-electron chi connectivity index (χ4n) is 4.95. The largest absolute Gasteiger partial charge is 0.381 e. The number of ether oxygens (including phenoxy) is 1. The average Bonchev–Trinajstić information content (AvgIpc) is 2.90. The molecule has 2 saturated carbocycles. The van der Waals surface area contributed by atoms with Gasteiger partial charge in [0, 0.05) is 29.9 Å². The normalized spacial score (nSPS) is 39.2. The average molecular weight is 384 g/mol. The van der Waals surface area contributed by atoms with Crippen LogP contribution < -0.4 is 0 Å². The van der Waals surface area contributed by atoms with E-state index in [9.17, 15) is 9.59 Å². The van der Waals surface area contributed by atoms with E-state index < -0.39 is 0 Å². The molecule has 0 N–H and O–H groups in total. The monoisotopic (exact) mass is 383 g/mol. The maximum Gasteiger partial charge on any atom is 0.265 e. The van der Waals surface area contributed by atoms with Crippen LogP contribution in [0.1, 0.15) is 47.5 Å². The molecule has 152 valence electrons. The molecule has 2 amide bonds. The first kappa shape index (κ1) is 20.8. The van der Waals surface area contributed by atoms with Crippen LogP contribution in [0.3, 0.4) is 0 Å². The summed E-state index contributed by atoms with van der Waals surface area (Å²) in [5, 5.41) is 0. The van der Waals surface area contributed by atoms with Crippen molar-refractivity contribution < 1.29 is 14.3 Å². The standard InChI is InChI=1S/C24H33NO3/c1-7-17(9-10-19-16(5)12-22(19)28-6)25-23(26)18(8-2)21(24(25)27)13-20-14(3)11-15(20)4/h7-10,13-16,19-20,22H,11-12H2,1-6H3/b10-9-,17-7+,18-8+,21-13+. The predicted molar refractivity (Wildman–Crippen MR) is 111 cm³/mol. The van der Waals surface area contributed by atoms with E-state index in [1.54, 1.807) is 13.2 Å². The Bertz CT molecular complexity index is 765. The SMILES string of the molecule is C/C=C1/C(=O)N(C(/C=C\C2C(C)CC2OC)=C/C)C(=O)/C1=C/C1C(C)CC1C. The Balaban J connectivity index is 1.85. The van der Waals surface area contributed by atoms with Crippen molar-refractivity contribution in [2.24, 2.45) is 29.6 Å². The van der Waals surface area contributed by atoms with Crippen LogP contribution >= 0.6 is 0 Å². The van der Waals surface area contributed by atoms with Gasteiger partial charge in [0.15, 0.2) is 0 Å². The van der Waals surface area contributed by atoms with Crippen LogP contribution in [0.4, 0.5) is 0 Å². The summed E-state index contributed by atoms with van der Waals surface area (Å²) in [6.45, 7) is 10.3. The number of rotatable bonds is 5. The molecule has 1 aliphatic heterocycles. The van der Waals surface area contributed by atoms with Crippen molar-refractivity contribution in [2.75, 3.05) is 7.11 Å². The van der Waals surface area contributed by atoms with Crippen LogP contribution in [0.25, 0.3) is 0 Å². The molecule has 3 fully saturated rings. The highest BCUT2D eigenvalue weighted by molar-refractivity contribution is 6.25. The highest BCUT2D eigenvalue weighted by Gasteiger charge is 2.42. The van der Waals surface area contributed by atoms with E-state index in [-0.39, 0.29) is 17.9 Å². The Morgan fingerprint density at radius 3 is 2.07 bits per heavy atom. The first-order chi connectivity index (χ1) is 13.3. The van der Waals surface area contributed by atoms with Crippen molar-refractivity contribution >= 4 is 11.8 Å². The van der Waals surface area contributed by atoms with E-state index in [2.05, 4.69) is 26.8 Å². The molecule has 0 aromatic rings. The van der Waals surface area contributed by atoms with Gasteiger partial charge in [0.1, 0.15) is 0 Å². The second-order valence-electron chi connectivity index (χ2n) is 8.63. The van der Waals surface area contributed by atoms with Gasteiger partial charge in [-0.1, -0.05) is 45.1 Å². The molecule has 0 spiro atoms. The summed E-state index contributed by atoms with van der Waals surface area (Å²) in [6.07, 6.45) is 12.1. The minimum Gasteiger partial charge on any atom is -0.381 e. The lowest BCUT2D eigenvalue weighted by Crippen LogP contribution is -2.39. The molecule has 1 saturated heterocycles. The summed E-state index contributed by atoms with van der Waals surface area (Å²) in [5.41, 5.74) is 1.73. The van der Waals surface area contributed by atoms with Gasteiger partial charge in [0.2, 0.25) is 0 Å². The van der Waals surface area contributed by atoms with Crippen LogP contribution in [0.5, 0.6) is 0 Å². The summed E-state index contributed by atoms with van der Waals surface area (Å²) in [7, 11) is 1.74. The Labute approximate surface area is 169 Å². The highest BCUT2D eigenvalue weighted by atomic mass is 16.5. The van der Waals surface area contributed by atoms with Gasteiger partial charge in [0.25, 0.3) is 11.8 Å². The number of hydrogen-bond donors (Lipinski definition) is 0. The number of carbonyl (C=O) groups excluding carboxylic acids is 2. The topological polar surface area (TPSA) is 46.6 Å². The van der Waals surface area contributed by atoms with Crippen LogP contribution in [0.2, 0.25) is 0 Å². The zero-order valence-electron chi connectivity index (χ0n) is 17.9. The van der Waals surface area contributed by atoms with Gasteiger partial charge in [-0.15, -0.1) is 0 Å². The molecule has 1 heterocycles. The van der Waals surface area contributed by atoms with Crippen molar-refractivity contribution in [3.8, 4) is 0 Å². The van der Waals surface area contributed by atoms with Crippen LogP contribution in [-0.4, -0.2) is 29.9 Å². The van der Waals surface area contributed by atoms with E-state index in [0.717, 1.165) is 6.42 Å². The quantitative estimate of drug-likeness (QED) is 0.394. The van der Waals surface area contributed by atoms with E-state index in [1.807, 2.05) is 32.1 Å². The Morgan fingerprint density at radius 2 is 1.57 bits per heavy atom. The first-order valence-corrected chi connectivity index (χ1v) is 10.5. The van der Waals surface area contributed by atoms with Crippen LogP contribution in [0.15, 0.2) is 47.2 Å². The van der Waals surface area contributed by atoms with Crippen molar-refractivity contribution in [2.45, 2.75) is 53.6 Å². The number of allylic oxidation sites excluding steroid dienone is 4. The number of carbonyl (C=O) groups is 2. The second kappa shape index (κ2) is 8.20. The third kappa shape index (κ3) is 3.43. The molecule has 0 aromatic carbocycles. The van der Waals surface area contributed by atoms with E-state index >= 15 is 0 Å². The smallest absolute Gasteiger partial charge is 0.265 e. The molecule has 5 unspecified atom stereocenters. The Morgan fingerprint density at radius 1 is 0.964 bits per heavy atom. The van der Waals surface area contributed by atoms with Gasteiger partial charge in [-0.3, -0.25) is 9.59 Å². The Kier molecular flexibility index (Phi) is 6.09. The third-order valence-corrected chi connectivity index (χ3v) is 6.90. The lowest BCUT2D eigenvalue weighted by atomic mass is 9.66. The molecular weight excluding hydrogens is 350 g/mol. The summed E-state index contributed by atoms with van der Waals surface area (Å²) >= 11 is 0. The maximum atomic E-state index is 13.2. The predicted octanol–water partition coefficient (Wildman–Crippen LogP) is 4.65. The fourth-order valence-corrected chi connectivity index (χ4v) is 4.95. The summed E-state index contributed by atoms with van der Waals surface area (Å²) < 4.78 is 5.50. The molecular formula is C24H33NO3. The highest BCUT2D eigenvalue weighted by Crippen LogP contribution is 2.43. The minimum absolute atomic E-state index is 0.202. The fraction of sp³-hybridized carbons (Fsp3) is 0.583. The second-order valence-corrected chi connectivity index (χ2v) is 8.63. The molecule has 4 heteroatoms. The van der Waals surface area contributed by atoms with Gasteiger partial charge in [0.05, 0.1) is 6.10 Å². The Hall–Kier alpha value is -1.94. The van der Waals surface area contributed by atoms with E-state index in [4.69, 9.17) is 4.74 Å². The maximum absolute atomic E-state index is 13.2. The van der Waals surface area contributed by atoms with Crippen LogP contribution in [0, 0.1) is 29.6 Å². The molecule has 4 nitrogen and oxygen atoms in total. The minimum atomic E-state index is -0.221. The van der Waals surface area contributed by atoms with Gasteiger partial charge in [-0.25, -0.2) is 4.90 Å². The molecule has 0 radical (unpaired) electrons. The number of nitrogens with zero attached hydrogens (tertiary/aromatic N) is 1. The number of hydrogen-bond acceptors (Lipinski definition) is 3. The lowest BCUT2D eigenvalue weighted by Gasteiger charge is -2.40. The van der Waals surface area contributed by atoms with Crippen molar-refractivity contribution in [3.63, 3.8) is 0 Å². The summed E-state index contributed by atoms with van der Waals surface area (Å²) in [5.74, 6) is 1.93. The zero-order valence-corrected chi connectivity index (χ0v) is 17.9. The first-order valence-electron chi connectivity index (χ1n) is 10.5. The molecule has 0 aromatic heterocycles. The number of amides is 2. The van der Waals surface area contributed by atoms with Gasteiger partial charge < -0.3 is 4.74 Å². The molecule has 5 atom stereocenters. The molecule has 28 heavy (non-hydrogen) atoms. The van der Waals surface area contributed by atoms with Gasteiger partial charge in [-0.05, 0) is 56.4 Å². The zero-order chi connectivity index (χ0) is 20.6. The van der Waals surface area contributed by atoms with E-state index in [0.29, 0.717) is 46.4 Å². The number of imide groups is 1. The molecule has 3 rings (SSSR count). The summed E-state index contributed by atoms with van der Waals surface area (Å²) in [6, 6.07) is 0. The van der Waals surface area contributed by atoms with Crippen molar-refractivity contribution in [3.05, 3.63) is 47.2 Å². The molecule has 2 aliphatic carbocycles. The van der Waals surface area contributed by atoms with Gasteiger partial charge in [-0.2, -0.15) is 0 Å². The molecule has 3 aliphatic rings. The number of methoxy groups -OCH3 is 1. The number of likely N-dealkylation sites (tertiary alicyclic amines) is 1. The third-order valence-electron chi connectivity index (χ3n) is 6.90. The van der Waals surface area contributed by atoms with Crippen molar-refractivity contribution in [1.29, 1.82) is 0 Å². The van der Waals surface area contributed by atoms with E-state index in [1.165, 1.54) is 11.3 Å².